The number of nitrogens with one attached hydrogen (secondary N) is 2. The molecule has 0 aliphatic carbocycles. The van der Waals surface area contributed by atoms with Crippen LogP contribution in [0, 0.1) is 35.7 Å². The summed E-state index contributed by atoms with van der Waals surface area (Å²) in [6.45, 7) is 5.33. The number of nitrogens with zero attached hydrogens (tertiary/aromatic N) is 4. The number of hydrogen-bond acceptors (Lipinski definition) is 5. The van der Waals surface area contributed by atoms with E-state index in [9.17, 15) is 18.4 Å². The molecule has 0 spiro atoms. The number of pyridine rings is 1. The van der Waals surface area contributed by atoms with Crippen LogP contribution in [0.4, 0.5) is 18.9 Å². The standard InChI is InChI=1S/C24H19F3N6/c1-13-19-20(14-2-4-15(5-3-14)33-10-8-29-9-11-33)16(12-28)23(30-24(19)32-31-13)21-17(25)6-7-18(26)22(21)27/h2-7,29H,8-11H2,1H3,(H,30,31,32). The zero-order valence-electron chi connectivity index (χ0n) is 17.7. The third kappa shape index (κ3) is 3.49. The molecule has 0 saturated carbocycles. The lowest BCUT2D eigenvalue weighted by molar-refractivity contribution is 0.498. The molecule has 2 N–H and O–H groups in total. The predicted octanol–water partition coefficient (Wildman–Crippen LogP) is 4.30. The van der Waals surface area contributed by atoms with E-state index in [1.54, 1.807) is 6.92 Å². The van der Waals surface area contributed by atoms with E-state index >= 15 is 0 Å². The zero-order valence-corrected chi connectivity index (χ0v) is 17.7. The first-order chi connectivity index (χ1) is 16.0. The summed E-state index contributed by atoms with van der Waals surface area (Å²) in [4.78, 5) is 6.50. The normalized spacial score (nSPS) is 14.0. The number of piperazine rings is 1. The lowest BCUT2D eigenvalue weighted by Crippen LogP contribution is -2.43. The van der Waals surface area contributed by atoms with Crippen molar-refractivity contribution in [1.82, 2.24) is 20.5 Å². The number of aromatic amines is 1. The van der Waals surface area contributed by atoms with E-state index in [-0.39, 0.29) is 16.9 Å². The minimum absolute atomic E-state index is 0.0506. The van der Waals surface area contributed by atoms with E-state index < -0.39 is 23.0 Å². The lowest BCUT2D eigenvalue weighted by atomic mass is 9.92. The molecule has 1 saturated heterocycles. The molecule has 9 heteroatoms. The van der Waals surface area contributed by atoms with Gasteiger partial charge >= 0.3 is 0 Å². The van der Waals surface area contributed by atoms with Gasteiger partial charge in [-0.15, -0.1) is 0 Å². The Morgan fingerprint density at radius 1 is 0.970 bits per heavy atom. The number of halogens is 3. The highest BCUT2D eigenvalue weighted by molar-refractivity contribution is 6.01. The Balaban J connectivity index is 1.75. The van der Waals surface area contributed by atoms with Crippen LogP contribution >= 0.6 is 0 Å². The third-order valence-electron chi connectivity index (χ3n) is 5.91. The number of fused-ring (bicyclic) bond motifs is 1. The van der Waals surface area contributed by atoms with Crippen molar-refractivity contribution in [3.63, 3.8) is 0 Å². The van der Waals surface area contributed by atoms with Crippen molar-refractivity contribution < 1.29 is 13.2 Å². The Bertz CT molecular complexity index is 1400. The SMILES string of the molecule is Cc1[nH]nc2nc(-c3c(F)ccc(F)c3F)c(C#N)c(-c3ccc(N4CCNCC4)cc3)c12. The molecule has 2 aromatic heterocycles. The molecule has 5 rings (SSSR count). The van der Waals surface area contributed by atoms with Gasteiger partial charge in [0.1, 0.15) is 11.9 Å². The van der Waals surface area contributed by atoms with Crippen LogP contribution in [0.2, 0.25) is 0 Å². The first-order valence-electron chi connectivity index (χ1n) is 10.5. The molecule has 0 amide bonds. The minimum Gasteiger partial charge on any atom is -0.369 e. The topological polar surface area (TPSA) is 80.6 Å². The average Bonchev–Trinajstić information content (AvgIpc) is 3.21. The molecule has 0 unspecified atom stereocenters. The van der Waals surface area contributed by atoms with Crippen molar-refractivity contribution in [2.45, 2.75) is 6.92 Å². The highest BCUT2D eigenvalue weighted by Gasteiger charge is 2.26. The van der Waals surface area contributed by atoms with Gasteiger partial charge in [0.25, 0.3) is 0 Å². The summed E-state index contributed by atoms with van der Waals surface area (Å²) < 4.78 is 43.3. The Morgan fingerprint density at radius 3 is 2.36 bits per heavy atom. The van der Waals surface area contributed by atoms with E-state index in [1.165, 1.54) is 0 Å². The quantitative estimate of drug-likeness (QED) is 0.457. The summed E-state index contributed by atoms with van der Waals surface area (Å²) in [7, 11) is 0. The molecule has 0 bridgehead atoms. The highest BCUT2D eigenvalue weighted by atomic mass is 19.2. The van der Waals surface area contributed by atoms with Crippen LogP contribution in [0.5, 0.6) is 0 Å². The van der Waals surface area contributed by atoms with Crippen LogP contribution in [0.25, 0.3) is 33.4 Å². The second-order valence-electron chi connectivity index (χ2n) is 7.87. The Morgan fingerprint density at radius 2 is 1.67 bits per heavy atom. The summed E-state index contributed by atoms with van der Waals surface area (Å²) in [5.41, 5.74) is 1.97. The van der Waals surface area contributed by atoms with Gasteiger partial charge in [0.15, 0.2) is 17.3 Å². The van der Waals surface area contributed by atoms with Gasteiger partial charge in [-0.25, -0.2) is 18.2 Å². The molecular formula is C24H19F3N6. The molecule has 0 atom stereocenters. The van der Waals surface area contributed by atoms with Crippen LogP contribution in [0.3, 0.4) is 0 Å². The van der Waals surface area contributed by atoms with Gasteiger partial charge in [0, 0.05) is 43.1 Å². The number of rotatable bonds is 3. The van der Waals surface area contributed by atoms with E-state index in [1.807, 2.05) is 30.3 Å². The van der Waals surface area contributed by atoms with Gasteiger partial charge < -0.3 is 10.2 Å². The molecular weight excluding hydrogens is 429 g/mol. The first-order valence-corrected chi connectivity index (χ1v) is 10.5. The van der Waals surface area contributed by atoms with Gasteiger partial charge in [0.2, 0.25) is 0 Å². The summed E-state index contributed by atoms with van der Waals surface area (Å²) in [6.07, 6.45) is 0. The van der Waals surface area contributed by atoms with Gasteiger partial charge in [0.05, 0.1) is 22.2 Å². The zero-order chi connectivity index (χ0) is 23.1. The predicted molar refractivity (Wildman–Crippen MR) is 119 cm³/mol. The molecule has 1 aliphatic heterocycles. The van der Waals surface area contributed by atoms with Gasteiger partial charge in [-0.2, -0.15) is 10.4 Å². The fourth-order valence-corrected chi connectivity index (χ4v) is 4.29. The van der Waals surface area contributed by atoms with E-state index in [2.05, 4.69) is 25.4 Å². The van der Waals surface area contributed by atoms with E-state index in [0.717, 1.165) is 37.9 Å². The fraction of sp³-hybridized carbons (Fsp3) is 0.208. The number of anilines is 1. The van der Waals surface area contributed by atoms with E-state index in [0.29, 0.717) is 28.3 Å². The maximum absolute atomic E-state index is 14.7. The first kappa shape index (κ1) is 21.0. The minimum atomic E-state index is -1.40. The monoisotopic (exact) mass is 448 g/mol. The molecule has 0 radical (unpaired) electrons. The van der Waals surface area contributed by atoms with E-state index in [4.69, 9.17) is 0 Å². The summed E-state index contributed by atoms with van der Waals surface area (Å²) in [6, 6.07) is 11.2. The second kappa shape index (κ2) is 8.22. The van der Waals surface area contributed by atoms with Crippen molar-refractivity contribution in [3.8, 4) is 28.5 Å². The summed E-state index contributed by atoms with van der Waals surface area (Å²) in [5, 5.41) is 20.9. The molecule has 1 fully saturated rings. The Kier molecular flexibility index (Phi) is 5.23. The van der Waals surface area contributed by atoms with Crippen molar-refractivity contribution in [1.29, 1.82) is 5.26 Å². The van der Waals surface area contributed by atoms with Gasteiger partial charge in [-0.05, 0) is 36.8 Å². The molecule has 6 nitrogen and oxygen atoms in total. The number of hydrogen-bond donors (Lipinski definition) is 2. The highest BCUT2D eigenvalue weighted by Crippen LogP contribution is 2.39. The van der Waals surface area contributed by atoms with Crippen LogP contribution in [-0.2, 0) is 0 Å². The lowest BCUT2D eigenvalue weighted by Gasteiger charge is -2.29. The van der Waals surface area contributed by atoms with Crippen LogP contribution < -0.4 is 10.2 Å². The van der Waals surface area contributed by atoms with Gasteiger partial charge in [-0.1, -0.05) is 12.1 Å². The Hall–Kier alpha value is -3.90. The second-order valence-corrected chi connectivity index (χ2v) is 7.87. The molecule has 2 aromatic carbocycles. The van der Waals surface area contributed by atoms with Crippen molar-refractivity contribution in [2.75, 3.05) is 31.1 Å². The number of H-pyrrole nitrogens is 1. The summed E-state index contributed by atoms with van der Waals surface area (Å²) in [5.74, 6) is -3.63. The van der Waals surface area contributed by atoms with Crippen LogP contribution in [0.15, 0.2) is 36.4 Å². The van der Waals surface area contributed by atoms with Crippen molar-refractivity contribution >= 4 is 16.7 Å². The molecule has 166 valence electrons. The summed E-state index contributed by atoms with van der Waals surface area (Å²) >= 11 is 0. The number of aromatic nitrogens is 3. The number of nitriles is 1. The van der Waals surface area contributed by atoms with Gasteiger partial charge in [-0.3, -0.25) is 5.10 Å². The Labute approximate surface area is 187 Å². The van der Waals surface area contributed by atoms with Crippen LogP contribution in [-0.4, -0.2) is 41.4 Å². The average molecular weight is 448 g/mol. The molecule has 4 aromatic rings. The van der Waals surface area contributed by atoms with Crippen LogP contribution in [0.1, 0.15) is 11.3 Å². The maximum atomic E-state index is 14.7. The van der Waals surface area contributed by atoms with Crippen molar-refractivity contribution in [2.24, 2.45) is 0 Å². The van der Waals surface area contributed by atoms with Crippen molar-refractivity contribution in [3.05, 3.63) is 65.1 Å². The maximum Gasteiger partial charge on any atom is 0.182 e. The fourth-order valence-electron chi connectivity index (χ4n) is 4.29. The molecule has 1 aliphatic rings. The molecule has 33 heavy (non-hydrogen) atoms. The molecule has 3 heterocycles. The largest absolute Gasteiger partial charge is 0.369 e. The smallest absolute Gasteiger partial charge is 0.182 e. The number of aryl methyl sites for hydroxylation is 1. The number of benzene rings is 2. The third-order valence-corrected chi connectivity index (χ3v) is 5.91.